The van der Waals surface area contributed by atoms with Gasteiger partial charge in [-0.25, -0.2) is 0 Å². The van der Waals surface area contributed by atoms with Crippen LogP contribution in [0.25, 0.3) is 17.0 Å². The summed E-state index contributed by atoms with van der Waals surface area (Å²) >= 11 is 1.30. The number of carbonyl (C=O) groups excluding carboxylic acids is 1. The summed E-state index contributed by atoms with van der Waals surface area (Å²) in [5.74, 6) is 0.335. The molecule has 0 saturated heterocycles. The van der Waals surface area contributed by atoms with E-state index in [0.717, 1.165) is 33.6 Å². The molecule has 1 amide bonds. The van der Waals surface area contributed by atoms with Gasteiger partial charge in [-0.1, -0.05) is 42.5 Å². The Kier molecular flexibility index (Phi) is 7.04. The van der Waals surface area contributed by atoms with Crippen molar-refractivity contribution < 1.29 is 9.53 Å². The number of hydrogen-bond donors (Lipinski definition) is 1. The fraction of sp³-hybridized carbons (Fsp3) is 0.231. The molecule has 0 aliphatic heterocycles. The molecule has 0 saturated carbocycles. The molecule has 0 aliphatic carbocycles. The molecular formula is C26H25N5O2S. The zero-order valence-electron chi connectivity index (χ0n) is 19.3. The highest BCUT2D eigenvalue weighted by atomic mass is 32.1. The number of nitrogens with zero attached hydrogens (tertiary/aromatic N) is 4. The third-order valence-electron chi connectivity index (χ3n) is 5.55. The van der Waals surface area contributed by atoms with E-state index < -0.39 is 5.91 Å². The van der Waals surface area contributed by atoms with Crippen LogP contribution in [-0.4, -0.2) is 27.3 Å². The van der Waals surface area contributed by atoms with Gasteiger partial charge >= 0.3 is 0 Å². The van der Waals surface area contributed by atoms with Crippen LogP contribution in [0.4, 0.5) is 5.13 Å². The van der Waals surface area contributed by atoms with Gasteiger partial charge in [0.1, 0.15) is 29.0 Å². The number of hydrogen-bond acceptors (Lipinski definition) is 6. The molecule has 0 aliphatic rings. The third-order valence-corrected chi connectivity index (χ3v) is 6.54. The summed E-state index contributed by atoms with van der Waals surface area (Å²) in [6.07, 6.45) is 4.29. The summed E-state index contributed by atoms with van der Waals surface area (Å²) in [4.78, 5) is 12.7. The van der Waals surface area contributed by atoms with Crippen LogP contribution in [0.5, 0.6) is 5.75 Å². The first-order valence-electron chi connectivity index (χ1n) is 11.0. The number of aromatic nitrogens is 3. The van der Waals surface area contributed by atoms with E-state index in [2.05, 4.69) is 40.0 Å². The second-order valence-corrected chi connectivity index (χ2v) is 8.93. The maximum absolute atomic E-state index is 12.7. The van der Waals surface area contributed by atoms with Gasteiger partial charge in [0, 0.05) is 22.7 Å². The van der Waals surface area contributed by atoms with Crippen molar-refractivity contribution >= 4 is 39.4 Å². The maximum atomic E-state index is 12.7. The van der Waals surface area contributed by atoms with Gasteiger partial charge in [0.05, 0.1) is 6.54 Å². The number of fused-ring (bicyclic) bond motifs is 1. The van der Waals surface area contributed by atoms with E-state index in [1.54, 1.807) is 6.08 Å². The summed E-state index contributed by atoms with van der Waals surface area (Å²) in [5.41, 5.74) is 4.22. The molecule has 0 fully saturated rings. The van der Waals surface area contributed by atoms with E-state index in [4.69, 9.17) is 4.74 Å². The monoisotopic (exact) mass is 471 g/mol. The van der Waals surface area contributed by atoms with Gasteiger partial charge in [-0.15, -0.1) is 10.2 Å². The van der Waals surface area contributed by atoms with Crippen LogP contribution in [0.2, 0.25) is 0 Å². The van der Waals surface area contributed by atoms with Crippen LogP contribution in [0.15, 0.2) is 54.2 Å². The predicted molar refractivity (Wildman–Crippen MR) is 135 cm³/mol. The number of ether oxygens (including phenoxy) is 1. The smallest absolute Gasteiger partial charge is 0.268 e. The standard InChI is InChI=1S/C26H25N5O2S/c1-4-24-29-30-26(34-24)28-25(32)19(15-27)14-20-16-31(23-8-6-5-7-22(20)23)11-12-33-21-10-9-17(2)18(3)13-21/h5-10,13-14,16H,4,11-12H2,1-3H3,(H,28,30,32). The molecule has 2 heterocycles. The van der Waals surface area contributed by atoms with Gasteiger partial charge in [-0.05, 0) is 55.7 Å². The number of aryl methyl sites for hydroxylation is 3. The average molecular weight is 472 g/mol. The van der Waals surface area contributed by atoms with Crippen molar-refractivity contribution in [3.63, 3.8) is 0 Å². The highest BCUT2D eigenvalue weighted by molar-refractivity contribution is 7.15. The van der Waals surface area contributed by atoms with Crippen molar-refractivity contribution in [3.05, 3.63) is 75.9 Å². The van der Waals surface area contributed by atoms with Gasteiger partial charge in [-0.2, -0.15) is 5.26 Å². The lowest BCUT2D eigenvalue weighted by Gasteiger charge is -2.10. The number of benzene rings is 2. The van der Waals surface area contributed by atoms with Gasteiger partial charge in [0.15, 0.2) is 0 Å². The van der Waals surface area contributed by atoms with Crippen molar-refractivity contribution in [2.75, 3.05) is 11.9 Å². The van der Waals surface area contributed by atoms with E-state index in [1.807, 2.05) is 55.6 Å². The van der Waals surface area contributed by atoms with Gasteiger partial charge in [-0.3, -0.25) is 10.1 Å². The molecule has 34 heavy (non-hydrogen) atoms. The van der Waals surface area contributed by atoms with Gasteiger partial charge in [0.2, 0.25) is 5.13 Å². The molecule has 1 N–H and O–H groups in total. The lowest BCUT2D eigenvalue weighted by atomic mass is 10.1. The maximum Gasteiger partial charge on any atom is 0.268 e. The normalized spacial score (nSPS) is 11.4. The van der Waals surface area contributed by atoms with Crippen LogP contribution in [0.1, 0.15) is 28.6 Å². The Balaban J connectivity index is 1.53. The van der Waals surface area contributed by atoms with E-state index in [-0.39, 0.29) is 5.57 Å². The zero-order valence-corrected chi connectivity index (χ0v) is 20.1. The summed E-state index contributed by atoms with van der Waals surface area (Å²) in [6, 6.07) is 16.0. The molecule has 2 aromatic heterocycles. The molecular weight excluding hydrogens is 446 g/mol. The number of nitrogens with one attached hydrogen (secondary N) is 1. The van der Waals surface area contributed by atoms with E-state index in [0.29, 0.717) is 18.3 Å². The van der Waals surface area contributed by atoms with Crippen LogP contribution in [-0.2, 0) is 17.8 Å². The Bertz CT molecular complexity index is 1410. The van der Waals surface area contributed by atoms with Crippen LogP contribution >= 0.6 is 11.3 Å². The Morgan fingerprint density at radius 2 is 2.03 bits per heavy atom. The number of rotatable bonds is 8. The number of carbonyl (C=O) groups is 1. The minimum atomic E-state index is -0.504. The van der Waals surface area contributed by atoms with Gasteiger partial charge < -0.3 is 9.30 Å². The zero-order chi connectivity index (χ0) is 24.1. The fourth-order valence-electron chi connectivity index (χ4n) is 3.56. The molecule has 4 rings (SSSR count). The highest BCUT2D eigenvalue weighted by Crippen LogP contribution is 2.25. The average Bonchev–Trinajstić information content (AvgIpc) is 3.44. The predicted octanol–water partition coefficient (Wildman–Crippen LogP) is 5.30. The second kappa shape index (κ2) is 10.3. The first kappa shape index (κ1) is 23.2. The van der Waals surface area contributed by atoms with Crippen molar-refractivity contribution in [2.45, 2.75) is 33.7 Å². The highest BCUT2D eigenvalue weighted by Gasteiger charge is 2.15. The quantitative estimate of drug-likeness (QED) is 0.278. The minimum Gasteiger partial charge on any atom is -0.492 e. The van der Waals surface area contributed by atoms with Crippen molar-refractivity contribution in [1.82, 2.24) is 14.8 Å². The van der Waals surface area contributed by atoms with E-state index >= 15 is 0 Å². The van der Waals surface area contributed by atoms with Gasteiger partial charge in [0.25, 0.3) is 5.91 Å². The molecule has 2 aromatic carbocycles. The number of amides is 1. The third kappa shape index (κ3) is 5.16. The largest absolute Gasteiger partial charge is 0.492 e. The molecule has 4 aromatic rings. The summed E-state index contributed by atoms with van der Waals surface area (Å²) in [7, 11) is 0. The topological polar surface area (TPSA) is 92.8 Å². The lowest BCUT2D eigenvalue weighted by molar-refractivity contribution is -0.112. The Morgan fingerprint density at radius 3 is 2.76 bits per heavy atom. The number of anilines is 1. The summed E-state index contributed by atoms with van der Waals surface area (Å²) < 4.78 is 8.03. The molecule has 172 valence electrons. The second-order valence-electron chi connectivity index (χ2n) is 7.87. The summed E-state index contributed by atoms with van der Waals surface area (Å²) in [5, 5.41) is 22.4. The lowest BCUT2D eigenvalue weighted by Crippen LogP contribution is -2.13. The van der Waals surface area contributed by atoms with Crippen molar-refractivity contribution in [3.8, 4) is 11.8 Å². The van der Waals surface area contributed by atoms with E-state index in [9.17, 15) is 10.1 Å². The number of para-hydroxylation sites is 1. The Morgan fingerprint density at radius 1 is 1.21 bits per heavy atom. The molecule has 7 nitrogen and oxygen atoms in total. The first-order chi connectivity index (χ1) is 16.5. The molecule has 0 unspecified atom stereocenters. The van der Waals surface area contributed by atoms with E-state index in [1.165, 1.54) is 22.5 Å². The first-order valence-corrected chi connectivity index (χ1v) is 11.8. The Hall–Kier alpha value is -3.96. The SMILES string of the molecule is CCc1nnc(NC(=O)C(C#N)=Cc2cn(CCOc3ccc(C)c(C)c3)c3ccccc23)s1. The molecule has 0 atom stereocenters. The summed E-state index contributed by atoms with van der Waals surface area (Å²) in [6.45, 7) is 7.23. The molecule has 0 bridgehead atoms. The molecule has 8 heteroatoms. The molecule has 0 spiro atoms. The van der Waals surface area contributed by atoms with Crippen LogP contribution in [0.3, 0.4) is 0 Å². The van der Waals surface area contributed by atoms with Crippen LogP contribution in [0, 0.1) is 25.2 Å². The fourth-order valence-corrected chi connectivity index (χ4v) is 4.23. The van der Waals surface area contributed by atoms with Crippen molar-refractivity contribution in [1.29, 1.82) is 5.26 Å². The molecule has 0 radical (unpaired) electrons. The van der Waals surface area contributed by atoms with Crippen molar-refractivity contribution in [2.24, 2.45) is 0 Å². The minimum absolute atomic E-state index is 0.00234. The van der Waals surface area contributed by atoms with Crippen LogP contribution < -0.4 is 10.1 Å². The Labute approximate surface area is 202 Å². The number of nitriles is 1.